The summed E-state index contributed by atoms with van der Waals surface area (Å²) in [5.74, 6) is -0.0430. The fourth-order valence-corrected chi connectivity index (χ4v) is 2.73. The van der Waals surface area contributed by atoms with Gasteiger partial charge in [0.15, 0.2) is 0 Å². The summed E-state index contributed by atoms with van der Waals surface area (Å²) in [4.78, 5) is 18.2. The highest BCUT2D eigenvalue weighted by molar-refractivity contribution is 5.85. The zero-order chi connectivity index (χ0) is 13.7. The molecule has 1 fully saturated rings. The molecule has 1 aromatic heterocycles. The number of rotatable bonds is 3. The molecule has 1 heterocycles. The molecule has 19 heavy (non-hydrogen) atoms. The van der Waals surface area contributed by atoms with E-state index in [-0.39, 0.29) is 5.91 Å². The van der Waals surface area contributed by atoms with Crippen LogP contribution in [0.4, 0.5) is 0 Å². The molecule has 0 N–H and O–H groups in total. The quantitative estimate of drug-likeness (QED) is 0.836. The van der Waals surface area contributed by atoms with E-state index in [9.17, 15) is 10.1 Å². The van der Waals surface area contributed by atoms with Crippen molar-refractivity contribution in [3.63, 3.8) is 0 Å². The summed E-state index contributed by atoms with van der Waals surface area (Å²) < 4.78 is 0. The molecule has 0 aromatic carbocycles. The number of nitrogens with zero attached hydrogens (tertiary/aromatic N) is 3. The first kappa shape index (κ1) is 13.5. The van der Waals surface area contributed by atoms with Gasteiger partial charge in [-0.25, -0.2) is 0 Å². The van der Waals surface area contributed by atoms with Crippen LogP contribution in [0.15, 0.2) is 24.5 Å². The maximum absolute atomic E-state index is 12.5. The lowest BCUT2D eigenvalue weighted by Gasteiger charge is -2.33. The SMILES string of the molecule is CN(Cc1cccnc1)C(=O)C1(C#N)CCCCC1. The molecule has 1 saturated carbocycles. The fourth-order valence-electron chi connectivity index (χ4n) is 2.73. The predicted octanol–water partition coefficient (Wildman–Crippen LogP) is 2.51. The highest BCUT2D eigenvalue weighted by Gasteiger charge is 2.41. The Balaban J connectivity index is 2.08. The van der Waals surface area contributed by atoms with Gasteiger partial charge in [-0.1, -0.05) is 25.3 Å². The first-order chi connectivity index (χ1) is 9.18. The number of hydrogen-bond donors (Lipinski definition) is 0. The largest absolute Gasteiger partial charge is 0.340 e. The maximum Gasteiger partial charge on any atom is 0.243 e. The number of hydrogen-bond acceptors (Lipinski definition) is 3. The first-order valence-corrected chi connectivity index (χ1v) is 6.74. The maximum atomic E-state index is 12.5. The summed E-state index contributed by atoms with van der Waals surface area (Å²) >= 11 is 0. The molecule has 2 rings (SSSR count). The van der Waals surface area contributed by atoms with Crippen LogP contribution >= 0.6 is 0 Å². The molecule has 1 aliphatic rings. The molecule has 0 unspecified atom stereocenters. The molecule has 4 heteroatoms. The van der Waals surface area contributed by atoms with Gasteiger partial charge in [0.2, 0.25) is 5.91 Å². The summed E-state index contributed by atoms with van der Waals surface area (Å²) in [6.07, 6.45) is 7.93. The van der Waals surface area contributed by atoms with E-state index < -0.39 is 5.41 Å². The Hall–Kier alpha value is -1.89. The van der Waals surface area contributed by atoms with Gasteiger partial charge in [0, 0.05) is 26.0 Å². The van der Waals surface area contributed by atoms with Crippen LogP contribution in [0.3, 0.4) is 0 Å². The van der Waals surface area contributed by atoms with Crippen LogP contribution in [-0.2, 0) is 11.3 Å². The highest BCUT2D eigenvalue weighted by atomic mass is 16.2. The van der Waals surface area contributed by atoms with Gasteiger partial charge in [-0.05, 0) is 24.5 Å². The van der Waals surface area contributed by atoms with Crippen molar-refractivity contribution < 1.29 is 4.79 Å². The molecule has 0 spiro atoms. The predicted molar refractivity (Wildman–Crippen MR) is 71.8 cm³/mol. The van der Waals surface area contributed by atoms with Gasteiger partial charge in [-0.15, -0.1) is 0 Å². The molecule has 1 aliphatic carbocycles. The summed E-state index contributed by atoms with van der Waals surface area (Å²) in [5.41, 5.74) is 0.192. The monoisotopic (exact) mass is 257 g/mol. The van der Waals surface area contributed by atoms with Gasteiger partial charge >= 0.3 is 0 Å². The summed E-state index contributed by atoms with van der Waals surface area (Å²) in [5, 5.41) is 9.42. The Morgan fingerprint density at radius 1 is 1.47 bits per heavy atom. The van der Waals surface area contributed by atoms with E-state index in [1.54, 1.807) is 24.3 Å². The van der Waals surface area contributed by atoms with Crippen molar-refractivity contribution in [3.8, 4) is 6.07 Å². The second kappa shape index (κ2) is 5.83. The molecule has 0 bridgehead atoms. The zero-order valence-corrected chi connectivity index (χ0v) is 11.3. The van der Waals surface area contributed by atoms with Gasteiger partial charge in [-0.2, -0.15) is 5.26 Å². The number of pyridine rings is 1. The topological polar surface area (TPSA) is 57.0 Å². The van der Waals surface area contributed by atoms with Crippen LogP contribution in [0.25, 0.3) is 0 Å². The number of aromatic nitrogens is 1. The molecule has 1 aromatic rings. The van der Waals surface area contributed by atoms with Crippen molar-refractivity contribution in [2.75, 3.05) is 7.05 Å². The van der Waals surface area contributed by atoms with E-state index in [0.29, 0.717) is 19.4 Å². The van der Waals surface area contributed by atoms with Crippen molar-refractivity contribution in [3.05, 3.63) is 30.1 Å². The second-order valence-corrected chi connectivity index (χ2v) is 5.28. The third-order valence-electron chi connectivity index (χ3n) is 3.82. The third-order valence-corrected chi connectivity index (χ3v) is 3.82. The van der Waals surface area contributed by atoms with E-state index in [1.807, 2.05) is 12.1 Å². The lowest BCUT2D eigenvalue weighted by Crippen LogP contribution is -2.42. The van der Waals surface area contributed by atoms with Crippen LogP contribution in [0, 0.1) is 16.7 Å². The molecule has 0 aliphatic heterocycles. The van der Waals surface area contributed by atoms with Gasteiger partial charge in [-0.3, -0.25) is 9.78 Å². The van der Waals surface area contributed by atoms with Crippen molar-refractivity contribution in [2.45, 2.75) is 38.6 Å². The lowest BCUT2D eigenvalue weighted by atomic mass is 9.74. The minimum absolute atomic E-state index is 0.0430. The standard InChI is InChI=1S/C15H19N3O/c1-18(11-13-6-5-9-17-10-13)14(19)15(12-16)7-3-2-4-8-15/h5-6,9-10H,2-4,7-8,11H2,1H3. The van der Waals surface area contributed by atoms with Gasteiger partial charge in [0.1, 0.15) is 5.41 Å². The first-order valence-electron chi connectivity index (χ1n) is 6.74. The number of amides is 1. The molecule has 0 radical (unpaired) electrons. The average Bonchev–Trinajstić information content (AvgIpc) is 2.48. The summed E-state index contributed by atoms with van der Waals surface area (Å²) in [6.45, 7) is 0.510. The van der Waals surface area contributed by atoms with Gasteiger partial charge in [0.05, 0.1) is 6.07 Å². The van der Waals surface area contributed by atoms with Crippen molar-refractivity contribution in [1.29, 1.82) is 5.26 Å². The Morgan fingerprint density at radius 2 is 2.21 bits per heavy atom. The van der Waals surface area contributed by atoms with Crippen LogP contribution in [0.5, 0.6) is 0 Å². The molecular formula is C15H19N3O. The molecule has 4 nitrogen and oxygen atoms in total. The van der Waals surface area contributed by atoms with E-state index in [2.05, 4.69) is 11.1 Å². The molecular weight excluding hydrogens is 238 g/mol. The second-order valence-electron chi connectivity index (χ2n) is 5.28. The molecule has 0 atom stereocenters. The van der Waals surface area contributed by atoms with E-state index in [0.717, 1.165) is 24.8 Å². The summed E-state index contributed by atoms with van der Waals surface area (Å²) in [7, 11) is 1.77. The zero-order valence-electron chi connectivity index (χ0n) is 11.3. The third kappa shape index (κ3) is 2.93. The minimum atomic E-state index is -0.796. The Labute approximate surface area is 114 Å². The smallest absolute Gasteiger partial charge is 0.243 e. The van der Waals surface area contributed by atoms with Crippen LogP contribution < -0.4 is 0 Å². The van der Waals surface area contributed by atoms with Crippen LogP contribution in [0.2, 0.25) is 0 Å². The Bertz CT molecular complexity index is 472. The highest BCUT2D eigenvalue weighted by Crippen LogP contribution is 2.37. The van der Waals surface area contributed by atoms with Crippen molar-refractivity contribution >= 4 is 5.91 Å². The van der Waals surface area contributed by atoms with E-state index >= 15 is 0 Å². The Morgan fingerprint density at radius 3 is 2.79 bits per heavy atom. The van der Waals surface area contributed by atoms with Crippen LogP contribution in [0.1, 0.15) is 37.7 Å². The van der Waals surface area contributed by atoms with Crippen LogP contribution in [-0.4, -0.2) is 22.8 Å². The van der Waals surface area contributed by atoms with Gasteiger partial charge < -0.3 is 4.90 Å². The number of carbonyl (C=O) groups is 1. The molecule has 100 valence electrons. The molecule has 0 saturated heterocycles. The average molecular weight is 257 g/mol. The Kier molecular flexibility index (Phi) is 4.16. The fraction of sp³-hybridized carbons (Fsp3) is 0.533. The van der Waals surface area contributed by atoms with E-state index in [4.69, 9.17) is 0 Å². The minimum Gasteiger partial charge on any atom is -0.340 e. The van der Waals surface area contributed by atoms with Gasteiger partial charge in [0.25, 0.3) is 0 Å². The number of nitriles is 1. The van der Waals surface area contributed by atoms with Crippen molar-refractivity contribution in [2.24, 2.45) is 5.41 Å². The lowest BCUT2D eigenvalue weighted by molar-refractivity contribution is -0.139. The molecule has 1 amide bonds. The van der Waals surface area contributed by atoms with E-state index in [1.165, 1.54) is 0 Å². The van der Waals surface area contributed by atoms with Crippen molar-refractivity contribution in [1.82, 2.24) is 9.88 Å². The summed E-state index contributed by atoms with van der Waals surface area (Å²) in [6, 6.07) is 6.07. The number of carbonyl (C=O) groups excluding carboxylic acids is 1. The normalized spacial score (nSPS) is 17.5.